The fourth-order valence-electron chi connectivity index (χ4n) is 1.78. The fraction of sp³-hybridized carbons (Fsp3) is 0.438. The second-order valence-corrected chi connectivity index (χ2v) is 4.65. The molecule has 0 aliphatic carbocycles. The summed E-state index contributed by atoms with van der Waals surface area (Å²) in [6.45, 7) is 1.90. The van der Waals surface area contributed by atoms with Crippen molar-refractivity contribution in [1.82, 2.24) is 10.6 Å². The Hall–Kier alpha value is -2.57. The van der Waals surface area contributed by atoms with E-state index in [1.807, 2.05) is 31.2 Å². The highest BCUT2D eigenvalue weighted by Crippen LogP contribution is 2.19. The molecule has 0 heterocycles. The topological polar surface area (TPSA) is 93.7 Å². The van der Waals surface area contributed by atoms with Crippen LogP contribution >= 0.6 is 0 Å². The molecule has 126 valence electrons. The lowest BCUT2D eigenvalue weighted by Crippen LogP contribution is -2.37. The van der Waals surface area contributed by atoms with Gasteiger partial charge in [0.25, 0.3) is 5.91 Å². The largest absolute Gasteiger partial charge is 0.494 e. The molecule has 2 N–H and O–H groups in total. The van der Waals surface area contributed by atoms with Crippen LogP contribution in [-0.4, -0.2) is 44.6 Å². The first-order chi connectivity index (χ1) is 11.1. The van der Waals surface area contributed by atoms with Gasteiger partial charge in [0.2, 0.25) is 5.91 Å². The molecule has 0 fully saturated rings. The molecule has 0 spiro atoms. The number of carbonyl (C=O) groups excluding carboxylic acids is 3. The predicted molar refractivity (Wildman–Crippen MR) is 84.0 cm³/mol. The molecule has 1 aromatic rings. The lowest BCUT2D eigenvalue weighted by atomic mass is 10.1. The third kappa shape index (κ3) is 7.30. The lowest BCUT2D eigenvalue weighted by molar-refractivity contribution is -0.148. The molecule has 2 amide bonds. The molecule has 0 atom stereocenters. The molecular formula is C16H22N2O5. The molecule has 0 saturated carbocycles. The van der Waals surface area contributed by atoms with Crippen molar-refractivity contribution in [3.8, 4) is 5.75 Å². The molecule has 0 aliphatic rings. The smallest absolute Gasteiger partial charge is 0.306 e. The van der Waals surface area contributed by atoms with E-state index in [4.69, 9.17) is 9.47 Å². The van der Waals surface area contributed by atoms with E-state index in [9.17, 15) is 14.4 Å². The minimum Gasteiger partial charge on any atom is -0.494 e. The summed E-state index contributed by atoms with van der Waals surface area (Å²) in [5, 5.41) is 4.71. The van der Waals surface area contributed by atoms with Gasteiger partial charge in [-0.05, 0) is 25.0 Å². The van der Waals surface area contributed by atoms with Crippen LogP contribution in [-0.2, 0) is 25.5 Å². The lowest BCUT2D eigenvalue weighted by Gasteiger charge is -2.10. The highest BCUT2D eigenvalue weighted by molar-refractivity contribution is 5.86. The van der Waals surface area contributed by atoms with E-state index in [1.165, 1.54) is 7.05 Å². The summed E-state index contributed by atoms with van der Waals surface area (Å²) in [5.41, 5.74) is 0.912. The second-order valence-electron chi connectivity index (χ2n) is 4.65. The summed E-state index contributed by atoms with van der Waals surface area (Å²) in [6, 6.07) is 7.46. The maximum absolute atomic E-state index is 11.7. The van der Waals surface area contributed by atoms with Crippen LogP contribution in [0.15, 0.2) is 24.3 Å². The number of benzene rings is 1. The minimum atomic E-state index is -0.517. The third-order valence-corrected chi connectivity index (χ3v) is 2.96. The highest BCUT2D eigenvalue weighted by Gasteiger charge is 2.10. The summed E-state index contributed by atoms with van der Waals surface area (Å²) in [5.74, 6) is -0.577. The normalized spacial score (nSPS) is 9.83. The van der Waals surface area contributed by atoms with Gasteiger partial charge >= 0.3 is 5.97 Å². The Kier molecular flexibility index (Phi) is 8.20. The number of carbonyl (C=O) groups is 3. The average Bonchev–Trinajstić information content (AvgIpc) is 2.57. The van der Waals surface area contributed by atoms with E-state index >= 15 is 0 Å². The molecule has 0 aromatic heterocycles. The monoisotopic (exact) mass is 322 g/mol. The number of para-hydroxylation sites is 1. The van der Waals surface area contributed by atoms with Gasteiger partial charge in [0, 0.05) is 13.5 Å². The minimum absolute atomic E-state index is 0.144. The number of hydrogen-bond acceptors (Lipinski definition) is 5. The molecule has 0 unspecified atom stereocenters. The molecule has 0 bridgehead atoms. The van der Waals surface area contributed by atoms with Gasteiger partial charge in [0.15, 0.2) is 6.61 Å². The van der Waals surface area contributed by atoms with Gasteiger partial charge in [-0.25, -0.2) is 0 Å². The van der Waals surface area contributed by atoms with E-state index in [-0.39, 0.29) is 18.9 Å². The van der Waals surface area contributed by atoms with Gasteiger partial charge in [-0.1, -0.05) is 18.2 Å². The van der Waals surface area contributed by atoms with Crippen molar-refractivity contribution in [3.05, 3.63) is 29.8 Å². The first-order valence-corrected chi connectivity index (χ1v) is 7.40. The first-order valence-electron chi connectivity index (χ1n) is 7.40. The number of likely N-dealkylation sites (N-methyl/N-ethyl adjacent to an activating group) is 1. The zero-order chi connectivity index (χ0) is 17.1. The van der Waals surface area contributed by atoms with Crippen LogP contribution in [0.4, 0.5) is 0 Å². The Bertz CT molecular complexity index is 545. The van der Waals surface area contributed by atoms with Crippen molar-refractivity contribution < 1.29 is 23.9 Å². The van der Waals surface area contributed by atoms with E-state index < -0.39 is 18.5 Å². The number of ether oxygens (including phenoxy) is 2. The molecule has 1 rings (SSSR count). The number of amides is 2. The Labute approximate surface area is 135 Å². The van der Waals surface area contributed by atoms with Gasteiger partial charge < -0.3 is 20.1 Å². The Morgan fingerprint density at radius 2 is 1.87 bits per heavy atom. The zero-order valence-electron chi connectivity index (χ0n) is 13.4. The van der Waals surface area contributed by atoms with Crippen LogP contribution in [0.1, 0.15) is 18.9 Å². The van der Waals surface area contributed by atoms with Crippen molar-refractivity contribution in [1.29, 1.82) is 0 Å². The van der Waals surface area contributed by atoms with E-state index in [2.05, 4.69) is 10.6 Å². The van der Waals surface area contributed by atoms with Gasteiger partial charge in [0.05, 0.1) is 13.2 Å². The molecular weight excluding hydrogens is 300 g/mol. The Balaban J connectivity index is 2.32. The number of esters is 1. The van der Waals surface area contributed by atoms with Crippen LogP contribution in [0.25, 0.3) is 0 Å². The average molecular weight is 322 g/mol. The summed E-state index contributed by atoms with van der Waals surface area (Å²) in [4.78, 5) is 34.0. The number of rotatable bonds is 9. The van der Waals surface area contributed by atoms with Crippen molar-refractivity contribution in [3.63, 3.8) is 0 Å². The number of hydrogen-bond donors (Lipinski definition) is 2. The van der Waals surface area contributed by atoms with Crippen molar-refractivity contribution >= 4 is 17.8 Å². The summed E-state index contributed by atoms with van der Waals surface area (Å²) in [6.07, 6.45) is 0.613. The Morgan fingerprint density at radius 1 is 1.13 bits per heavy atom. The van der Waals surface area contributed by atoms with Crippen LogP contribution in [0, 0.1) is 0 Å². The molecule has 0 aliphatic heterocycles. The van der Waals surface area contributed by atoms with Crippen LogP contribution in [0.5, 0.6) is 5.75 Å². The van der Waals surface area contributed by atoms with Crippen LogP contribution < -0.4 is 15.4 Å². The molecule has 23 heavy (non-hydrogen) atoms. The molecule has 7 heteroatoms. The van der Waals surface area contributed by atoms with Gasteiger partial charge in [-0.15, -0.1) is 0 Å². The van der Waals surface area contributed by atoms with Gasteiger partial charge in [-0.2, -0.15) is 0 Å². The molecule has 0 radical (unpaired) electrons. The van der Waals surface area contributed by atoms with E-state index in [0.717, 1.165) is 11.3 Å². The maximum atomic E-state index is 11.7. The second kappa shape index (κ2) is 10.2. The Morgan fingerprint density at radius 3 is 2.57 bits per heavy atom. The van der Waals surface area contributed by atoms with Crippen molar-refractivity contribution in [2.24, 2.45) is 0 Å². The van der Waals surface area contributed by atoms with Crippen molar-refractivity contribution in [2.45, 2.75) is 19.8 Å². The SMILES string of the molecule is CCOc1ccccc1CCC(=O)OCC(=O)NCC(=O)NC. The molecule has 7 nitrogen and oxygen atoms in total. The van der Waals surface area contributed by atoms with Crippen LogP contribution in [0.2, 0.25) is 0 Å². The first kappa shape index (κ1) is 18.5. The summed E-state index contributed by atoms with van der Waals surface area (Å²) in [7, 11) is 1.47. The predicted octanol–water partition coefficient (Wildman–Crippen LogP) is 0.423. The summed E-state index contributed by atoms with van der Waals surface area (Å²) >= 11 is 0. The van der Waals surface area contributed by atoms with Crippen LogP contribution in [0.3, 0.4) is 0 Å². The quantitative estimate of drug-likeness (QED) is 0.643. The summed E-state index contributed by atoms with van der Waals surface area (Å²) < 4.78 is 10.3. The van der Waals surface area contributed by atoms with E-state index in [1.54, 1.807) is 0 Å². The van der Waals surface area contributed by atoms with E-state index in [0.29, 0.717) is 13.0 Å². The number of nitrogens with one attached hydrogen (secondary N) is 2. The number of aryl methyl sites for hydroxylation is 1. The van der Waals surface area contributed by atoms with Crippen molar-refractivity contribution in [2.75, 3.05) is 26.8 Å². The fourth-order valence-corrected chi connectivity index (χ4v) is 1.78. The maximum Gasteiger partial charge on any atom is 0.306 e. The molecule has 1 aromatic carbocycles. The zero-order valence-corrected chi connectivity index (χ0v) is 13.4. The highest BCUT2D eigenvalue weighted by atomic mass is 16.5. The molecule has 0 saturated heterocycles. The standard InChI is InChI=1S/C16H22N2O5/c1-3-22-13-7-5-4-6-12(13)8-9-16(21)23-11-15(20)18-10-14(19)17-2/h4-7H,3,8-11H2,1-2H3,(H,17,19)(H,18,20). The van der Waals surface area contributed by atoms with Gasteiger partial charge in [-0.3, -0.25) is 14.4 Å². The third-order valence-electron chi connectivity index (χ3n) is 2.96. The van der Waals surface area contributed by atoms with Gasteiger partial charge in [0.1, 0.15) is 5.75 Å².